The van der Waals surface area contributed by atoms with Crippen LogP contribution >= 0.6 is 24.0 Å². The molecule has 1 atom stereocenters. The van der Waals surface area contributed by atoms with Gasteiger partial charge in [0.25, 0.3) is 0 Å². The van der Waals surface area contributed by atoms with Crippen molar-refractivity contribution in [1.29, 1.82) is 0 Å². The van der Waals surface area contributed by atoms with Crippen LogP contribution in [0.1, 0.15) is 44.1 Å². The minimum absolute atomic E-state index is 0. The van der Waals surface area contributed by atoms with E-state index >= 15 is 0 Å². The van der Waals surface area contributed by atoms with Crippen LogP contribution in [0.25, 0.3) is 0 Å². The molecule has 1 fully saturated rings. The predicted octanol–water partition coefficient (Wildman–Crippen LogP) is 5.00. The van der Waals surface area contributed by atoms with Crippen LogP contribution in [0.5, 0.6) is 5.75 Å². The van der Waals surface area contributed by atoms with Crippen molar-refractivity contribution in [2.75, 3.05) is 27.2 Å². The lowest BCUT2D eigenvalue weighted by Gasteiger charge is -2.28. The average molecular weight is 332 g/mol. The Bertz CT molecular complexity index is 431. The van der Waals surface area contributed by atoms with E-state index in [9.17, 15) is 0 Å². The van der Waals surface area contributed by atoms with Gasteiger partial charge in [-0.1, -0.05) is 24.4 Å². The first-order chi connectivity index (χ1) is 9.61. The van der Waals surface area contributed by atoms with Crippen LogP contribution in [0.3, 0.4) is 0 Å². The van der Waals surface area contributed by atoms with E-state index in [1.165, 1.54) is 31.2 Å². The molecule has 0 spiro atoms. The first kappa shape index (κ1) is 18.6. The fourth-order valence-corrected chi connectivity index (χ4v) is 3.53. The van der Waals surface area contributed by atoms with E-state index in [1.54, 1.807) is 0 Å². The summed E-state index contributed by atoms with van der Waals surface area (Å²) in [4.78, 5) is 2.28. The van der Waals surface area contributed by atoms with Crippen LogP contribution in [0.15, 0.2) is 18.2 Å². The third kappa shape index (κ3) is 5.05. The molecule has 2 nitrogen and oxygen atoms in total. The lowest BCUT2D eigenvalue weighted by atomic mass is 9.84. The first-order valence-electron chi connectivity index (χ1n) is 7.68. The fourth-order valence-electron chi connectivity index (χ4n) is 3.35. The van der Waals surface area contributed by atoms with Crippen molar-refractivity contribution in [2.24, 2.45) is 5.92 Å². The van der Waals surface area contributed by atoms with Gasteiger partial charge < -0.3 is 9.64 Å². The molecule has 0 radical (unpaired) electrons. The van der Waals surface area contributed by atoms with Gasteiger partial charge in [0.1, 0.15) is 5.75 Å². The smallest absolute Gasteiger partial charge is 0.122 e. The maximum absolute atomic E-state index is 6.24. The van der Waals surface area contributed by atoms with Crippen molar-refractivity contribution in [3.63, 3.8) is 0 Å². The summed E-state index contributed by atoms with van der Waals surface area (Å²) >= 11 is 6.24. The molecule has 0 amide bonds. The fraction of sp³-hybridized carbons (Fsp3) is 0.647. The van der Waals surface area contributed by atoms with Crippen LogP contribution < -0.4 is 4.74 Å². The Hall–Kier alpha value is -0.440. The first-order valence-corrected chi connectivity index (χ1v) is 8.06. The Morgan fingerprint density at radius 2 is 1.95 bits per heavy atom. The number of benzene rings is 1. The zero-order valence-electron chi connectivity index (χ0n) is 13.3. The molecule has 1 saturated carbocycles. The zero-order chi connectivity index (χ0) is 14.5. The molecule has 1 aliphatic rings. The molecule has 0 N–H and O–H groups in total. The molecule has 0 heterocycles. The molecule has 0 aromatic heterocycles. The van der Waals surface area contributed by atoms with Gasteiger partial charge in [0.05, 0.1) is 6.61 Å². The van der Waals surface area contributed by atoms with Crippen LogP contribution in [-0.2, 0) is 0 Å². The highest BCUT2D eigenvalue weighted by atomic mass is 35.5. The Morgan fingerprint density at radius 1 is 1.29 bits per heavy atom. The van der Waals surface area contributed by atoms with Crippen molar-refractivity contribution < 1.29 is 4.74 Å². The van der Waals surface area contributed by atoms with Gasteiger partial charge in [0.2, 0.25) is 0 Å². The largest absolute Gasteiger partial charge is 0.494 e. The van der Waals surface area contributed by atoms with Crippen LogP contribution in [0, 0.1) is 5.92 Å². The Balaban J connectivity index is 0.00000220. The Kier molecular flexibility index (Phi) is 7.86. The van der Waals surface area contributed by atoms with Crippen molar-refractivity contribution in [3.05, 3.63) is 28.8 Å². The van der Waals surface area contributed by atoms with Gasteiger partial charge in [-0.25, -0.2) is 0 Å². The summed E-state index contributed by atoms with van der Waals surface area (Å²) in [6.45, 7) is 3.80. The van der Waals surface area contributed by atoms with Gasteiger partial charge in [-0.05, 0) is 58.0 Å². The number of likely N-dealkylation sites (N-methyl/N-ethyl adjacent to an activating group) is 1. The molecular weight excluding hydrogens is 305 g/mol. The third-order valence-corrected chi connectivity index (χ3v) is 4.44. The van der Waals surface area contributed by atoms with Crippen LogP contribution in [0.4, 0.5) is 0 Å². The SMILES string of the molecule is CCOc1ccc(Cl)cc1C(CN(C)C)C1CCCC1.Cl. The van der Waals surface area contributed by atoms with Crippen molar-refractivity contribution >= 4 is 24.0 Å². The van der Waals surface area contributed by atoms with Crippen molar-refractivity contribution in [3.8, 4) is 5.75 Å². The molecular formula is C17H27Cl2NO. The van der Waals surface area contributed by atoms with E-state index in [-0.39, 0.29) is 12.4 Å². The maximum Gasteiger partial charge on any atom is 0.122 e. The highest BCUT2D eigenvalue weighted by Gasteiger charge is 2.29. The minimum atomic E-state index is 0. The monoisotopic (exact) mass is 331 g/mol. The maximum atomic E-state index is 6.24. The Labute approximate surface area is 140 Å². The lowest BCUT2D eigenvalue weighted by Crippen LogP contribution is -2.25. The van der Waals surface area contributed by atoms with E-state index in [0.29, 0.717) is 12.5 Å². The van der Waals surface area contributed by atoms with E-state index in [2.05, 4.69) is 25.1 Å². The highest BCUT2D eigenvalue weighted by molar-refractivity contribution is 6.30. The molecule has 0 saturated heterocycles. The van der Waals surface area contributed by atoms with E-state index in [0.717, 1.165) is 23.2 Å². The standard InChI is InChI=1S/C17H26ClNO.ClH/c1-4-20-17-10-9-14(18)11-15(17)16(12-19(2)3)13-7-5-6-8-13;/h9-11,13,16H,4-8,12H2,1-3H3;1H. The van der Waals surface area contributed by atoms with Gasteiger partial charge >= 0.3 is 0 Å². The van der Waals surface area contributed by atoms with E-state index in [4.69, 9.17) is 16.3 Å². The van der Waals surface area contributed by atoms with Crippen molar-refractivity contribution in [1.82, 2.24) is 4.90 Å². The van der Waals surface area contributed by atoms with Gasteiger partial charge in [0.15, 0.2) is 0 Å². The second-order valence-electron chi connectivity index (χ2n) is 6.03. The van der Waals surface area contributed by atoms with Gasteiger partial charge in [-0.3, -0.25) is 0 Å². The molecule has 1 aliphatic carbocycles. The predicted molar refractivity (Wildman–Crippen MR) is 93.1 cm³/mol. The Morgan fingerprint density at radius 3 is 2.52 bits per heavy atom. The number of hydrogen-bond donors (Lipinski definition) is 0. The van der Waals surface area contributed by atoms with E-state index in [1.807, 2.05) is 19.1 Å². The van der Waals surface area contributed by atoms with Gasteiger partial charge in [0, 0.05) is 23.0 Å². The molecule has 1 unspecified atom stereocenters. The van der Waals surface area contributed by atoms with E-state index < -0.39 is 0 Å². The summed E-state index contributed by atoms with van der Waals surface area (Å²) in [6, 6.07) is 6.06. The summed E-state index contributed by atoms with van der Waals surface area (Å²) in [5.74, 6) is 2.29. The summed E-state index contributed by atoms with van der Waals surface area (Å²) < 4.78 is 5.84. The second-order valence-corrected chi connectivity index (χ2v) is 6.46. The van der Waals surface area contributed by atoms with Gasteiger partial charge in [-0.15, -0.1) is 12.4 Å². The minimum Gasteiger partial charge on any atom is -0.494 e. The molecule has 0 bridgehead atoms. The number of nitrogens with zero attached hydrogens (tertiary/aromatic N) is 1. The number of rotatable bonds is 6. The molecule has 1 aromatic rings. The quantitative estimate of drug-likeness (QED) is 0.727. The number of hydrogen-bond acceptors (Lipinski definition) is 2. The topological polar surface area (TPSA) is 12.5 Å². The number of ether oxygens (including phenoxy) is 1. The lowest BCUT2D eigenvalue weighted by molar-refractivity contribution is 0.291. The summed E-state index contributed by atoms with van der Waals surface area (Å²) in [7, 11) is 4.29. The number of halogens is 2. The summed E-state index contributed by atoms with van der Waals surface area (Å²) in [6.07, 6.45) is 5.38. The van der Waals surface area contributed by atoms with Crippen LogP contribution in [-0.4, -0.2) is 32.1 Å². The second kappa shape index (κ2) is 8.87. The highest BCUT2D eigenvalue weighted by Crippen LogP contribution is 2.41. The summed E-state index contributed by atoms with van der Waals surface area (Å²) in [5, 5.41) is 0.810. The van der Waals surface area contributed by atoms with Gasteiger partial charge in [-0.2, -0.15) is 0 Å². The molecule has 21 heavy (non-hydrogen) atoms. The molecule has 4 heteroatoms. The summed E-state index contributed by atoms with van der Waals surface area (Å²) in [5.41, 5.74) is 1.29. The molecule has 120 valence electrons. The molecule has 0 aliphatic heterocycles. The molecule has 1 aromatic carbocycles. The zero-order valence-corrected chi connectivity index (χ0v) is 14.8. The third-order valence-electron chi connectivity index (χ3n) is 4.20. The normalized spacial score (nSPS) is 16.8. The molecule has 2 rings (SSSR count). The average Bonchev–Trinajstić information content (AvgIpc) is 2.92. The van der Waals surface area contributed by atoms with Crippen LogP contribution in [0.2, 0.25) is 5.02 Å². The van der Waals surface area contributed by atoms with Crippen molar-refractivity contribution in [2.45, 2.75) is 38.5 Å².